The Morgan fingerprint density at radius 2 is 0.649 bits per heavy atom. The van der Waals surface area contributed by atoms with Gasteiger partial charge in [-0.2, -0.15) is 0 Å². The molecule has 37 heavy (non-hydrogen) atoms. The van der Waals surface area contributed by atoms with E-state index in [1.54, 1.807) is 0 Å². The number of esters is 1. The van der Waals surface area contributed by atoms with Crippen molar-refractivity contribution >= 4 is 5.97 Å². The molecule has 0 rings (SSSR count). The largest absolute Gasteiger partial charge is 1.00 e. The van der Waals surface area contributed by atoms with Crippen LogP contribution in [0.2, 0.25) is 0 Å². The first-order valence-corrected chi connectivity index (χ1v) is 17.0. The Hall–Kier alpha value is 0.470. The smallest absolute Gasteiger partial charge is 1.00 e. The van der Waals surface area contributed by atoms with Gasteiger partial charge in [-0.1, -0.05) is 187 Å². The maximum Gasteiger partial charge on any atom is 1.00 e. The molecule has 0 aromatic heterocycles. The summed E-state index contributed by atoms with van der Waals surface area (Å²) in [5, 5.41) is 0. The van der Waals surface area contributed by atoms with Crippen LogP contribution in [0.15, 0.2) is 0 Å². The van der Waals surface area contributed by atoms with Crippen LogP contribution in [0.4, 0.5) is 0 Å². The van der Waals surface area contributed by atoms with Crippen molar-refractivity contribution in [1.29, 1.82) is 0 Å². The van der Waals surface area contributed by atoms with Gasteiger partial charge in [0.15, 0.2) is 0 Å². The van der Waals surface area contributed by atoms with E-state index in [0.29, 0.717) is 13.0 Å². The minimum atomic E-state index is 0. The molecule has 0 aliphatic heterocycles. The fourth-order valence-corrected chi connectivity index (χ4v) is 5.20. The molecule has 0 aromatic rings. The molecule has 0 saturated heterocycles. The average Bonchev–Trinajstić information content (AvgIpc) is 2.88. The van der Waals surface area contributed by atoms with Gasteiger partial charge in [0.1, 0.15) is 0 Å². The standard InChI is InChI=1S/C34H68O2.Na.H/c1-3-5-7-9-11-13-15-17-19-20-22-24-26-28-30-32-34(35)36-33-31-29-27-25-23-21-18-16-14-12-10-8-6-4-2;;/h3-33H2,1-2H3;;/q;+1;-1. The molecule has 0 aliphatic carbocycles. The van der Waals surface area contributed by atoms with Gasteiger partial charge in [-0.3, -0.25) is 4.79 Å². The molecule has 0 bridgehead atoms. The molecule has 0 aromatic carbocycles. The molecule has 0 unspecified atom stereocenters. The van der Waals surface area contributed by atoms with E-state index >= 15 is 0 Å². The van der Waals surface area contributed by atoms with Crippen molar-refractivity contribution < 1.29 is 40.5 Å². The summed E-state index contributed by atoms with van der Waals surface area (Å²) in [4.78, 5) is 11.9. The van der Waals surface area contributed by atoms with Gasteiger partial charge >= 0.3 is 35.5 Å². The Balaban J connectivity index is -0.00000612. The predicted octanol–water partition coefficient (Wildman–Crippen LogP) is 9.39. The number of hydrogen-bond acceptors (Lipinski definition) is 2. The van der Waals surface area contributed by atoms with Crippen molar-refractivity contribution in [3.63, 3.8) is 0 Å². The summed E-state index contributed by atoms with van der Waals surface area (Å²) in [5.74, 6) is 0.0272. The van der Waals surface area contributed by atoms with E-state index in [9.17, 15) is 4.79 Å². The van der Waals surface area contributed by atoms with Crippen LogP contribution in [-0.2, 0) is 9.53 Å². The fourth-order valence-electron chi connectivity index (χ4n) is 5.20. The van der Waals surface area contributed by atoms with Gasteiger partial charge in [0, 0.05) is 6.42 Å². The van der Waals surface area contributed by atoms with E-state index in [2.05, 4.69) is 13.8 Å². The predicted molar refractivity (Wildman–Crippen MR) is 162 cm³/mol. The summed E-state index contributed by atoms with van der Waals surface area (Å²) in [6.07, 6.45) is 40.1. The normalized spacial score (nSPS) is 11.0. The monoisotopic (exact) mass is 533 g/mol. The first-order chi connectivity index (χ1) is 17.8. The summed E-state index contributed by atoms with van der Waals surface area (Å²) in [6, 6.07) is 0. The number of ether oxygens (including phenoxy) is 1. The number of unbranched alkanes of at least 4 members (excludes halogenated alkanes) is 27. The minimum Gasteiger partial charge on any atom is -1.00 e. The Bertz CT molecular complexity index is 383. The summed E-state index contributed by atoms with van der Waals surface area (Å²) < 4.78 is 5.43. The zero-order valence-corrected chi connectivity index (χ0v) is 28.2. The number of rotatable bonds is 31. The van der Waals surface area contributed by atoms with E-state index in [-0.39, 0.29) is 37.0 Å². The van der Waals surface area contributed by atoms with Crippen molar-refractivity contribution in [3.05, 3.63) is 0 Å². The van der Waals surface area contributed by atoms with Gasteiger partial charge in [-0.25, -0.2) is 0 Å². The van der Waals surface area contributed by atoms with Gasteiger partial charge < -0.3 is 6.16 Å². The molecule has 0 atom stereocenters. The zero-order valence-electron chi connectivity index (χ0n) is 27.2. The van der Waals surface area contributed by atoms with E-state index in [1.165, 1.54) is 173 Å². The maximum atomic E-state index is 11.9. The molecule has 0 fully saturated rings. The van der Waals surface area contributed by atoms with E-state index in [1.807, 2.05) is 0 Å². The van der Waals surface area contributed by atoms with Crippen molar-refractivity contribution in [2.24, 2.45) is 0 Å². The van der Waals surface area contributed by atoms with Crippen molar-refractivity contribution in [3.8, 4) is 0 Å². The Morgan fingerprint density at radius 3 is 0.946 bits per heavy atom. The van der Waals surface area contributed by atoms with Gasteiger partial charge in [-0.15, -0.1) is 0 Å². The molecule has 0 heterocycles. The summed E-state index contributed by atoms with van der Waals surface area (Å²) in [5.41, 5.74) is 0. The third kappa shape index (κ3) is 36.5. The van der Waals surface area contributed by atoms with Crippen LogP contribution >= 0.6 is 0 Å². The number of hydrogen-bond donors (Lipinski definition) is 0. The zero-order chi connectivity index (χ0) is 26.2. The van der Waals surface area contributed by atoms with Gasteiger partial charge in [0.25, 0.3) is 0 Å². The topological polar surface area (TPSA) is 26.3 Å². The average molecular weight is 533 g/mol. The molecular weight excluding hydrogens is 463 g/mol. The number of carbonyl (C=O) groups excluding carboxylic acids is 1. The SMILES string of the molecule is CCCCCCCCCCCCCCCCCC(=O)OCCCCCCCCCCCCCCCC.[H-].[Na+]. The molecule has 0 amide bonds. The Kier molecular flexibility index (Phi) is 39.0. The van der Waals surface area contributed by atoms with E-state index in [0.717, 1.165) is 12.8 Å². The second kappa shape index (κ2) is 36.5. The first kappa shape index (κ1) is 39.6. The Labute approximate surface area is 258 Å². The van der Waals surface area contributed by atoms with Crippen molar-refractivity contribution in [2.75, 3.05) is 6.61 Å². The Morgan fingerprint density at radius 1 is 0.405 bits per heavy atom. The molecular formula is C34H69NaO2. The van der Waals surface area contributed by atoms with Gasteiger partial charge in [0.05, 0.1) is 6.61 Å². The molecule has 0 radical (unpaired) electrons. The maximum absolute atomic E-state index is 11.9. The molecule has 0 aliphatic rings. The second-order valence-corrected chi connectivity index (χ2v) is 11.5. The third-order valence-corrected chi connectivity index (χ3v) is 7.75. The third-order valence-electron chi connectivity index (χ3n) is 7.75. The summed E-state index contributed by atoms with van der Waals surface area (Å²) >= 11 is 0. The van der Waals surface area contributed by atoms with Crippen molar-refractivity contribution in [1.82, 2.24) is 0 Å². The molecule has 218 valence electrons. The van der Waals surface area contributed by atoms with E-state index in [4.69, 9.17) is 4.74 Å². The molecule has 0 N–H and O–H groups in total. The molecule has 2 nitrogen and oxygen atoms in total. The van der Waals surface area contributed by atoms with Crippen LogP contribution in [-0.4, -0.2) is 12.6 Å². The first-order valence-electron chi connectivity index (χ1n) is 17.0. The minimum absolute atomic E-state index is 0. The second-order valence-electron chi connectivity index (χ2n) is 11.5. The molecule has 0 saturated carbocycles. The fraction of sp³-hybridized carbons (Fsp3) is 0.971. The van der Waals surface area contributed by atoms with Crippen LogP contribution in [0, 0.1) is 0 Å². The van der Waals surface area contributed by atoms with Crippen LogP contribution in [0.3, 0.4) is 0 Å². The molecule has 3 heteroatoms. The summed E-state index contributed by atoms with van der Waals surface area (Å²) in [6.45, 7) is 5.21. The van der Waals surface area contributed by atoms with Crippen molar-refractivity contribution in [2.45, 2.75) is 206 Å². The number of carbonyl (C=O) groups is 1. The van der Waals surface area contributed by atoms with E-state index < -0.39 is 0 Å². The quantitative estimate of drug-likeness (QED) is 0.0505. The van der Waals surface area contributed by atoms with Crippen LogP contribution in [0.25, 0.3) is 0 Å². The van der Waals surface area contributed by atoms with Crippen LogP contribution < -0.4 is 29.6 Å². The summed E-state index contributed by atoms with van der Waals surface area (Å²) in [7, 11) is 0. The van der Waals surface area contributed by atoms with Crippen LogP contribution in [0.5, 0.6) is 0 Å². The molecule has 0 spiro atoms. The van der Waals surface area contributed by atoms with Gasteiger partial charge in [-0.05, 0) is 12.8 Å². The van der Waals surface area contributed by atoms with Gasteiger partial charge in [0.2, 0.25) is 0 Å². The van der Waals surface area contributed by atoms with Crippen LogP contribution in [0.1, 0.15) is 208 Å².